The van der Waals surface area contributed by atoms with Crippen LogP contribution in [0.1, 0.15) is 26.3 Å². The molecule has 1 N–H and O–H groups in total. The minimum atomic E-state index is -3.45. The van der Waals surface area contributed by atoms with Crippen LogP contribution in [-0.4, -0.2) is 8.42 Å². The van der Waals surface area contributed by atoms with Crippen LogP contribution in [0.15, 0.2) is 47.0 Å². The predicted molar refractivity (Wildman–Crippen MR) is 70.9 cm³/mol. The number of allylic oxidation sites excluding steroid dienone is 3. The smallest absolute Gasteiger partial charge is 0.261 e. The predicted octanol–water partition coefficient (Wildman–Crippen LogP) is 2.92. The quantitative estimate of drug-likeness (QED) is 0.894. The van der Waals surface area contributed by atoms with E-state index in [2.05, 4.69) is 4.72 Å². The molecular formula is C13H17NO2S. The van der Waals surface area contributed by atoms with Gasteiger partial charge in [0.05, 0.1) is 4.90 Å². The van der Waals surface area contributed by atoms with Crippen LogP contribution in [0.25, 0.3) is 6.08 Å². The molecule has 0 aliphatic rings. The van der Waals surface area contributed by atoms with E-state index >= 15 is 0 Å². The summed E-state index contributed by atoms with van der Waals surface area (Å²) >= 11 is 0. The molecule has 0 saturated heterocycles. The van der Waals surface area contributed by atoms with Crippen LogP contribution in [0.4, 0.5) is 0 Å². The molecule has 0 unspecified atom stereocenters. The number of sulfonamides is 1. The fraction of sp³-hybridized carbons (Fsp3) is 0.231. The Bertz CT molecular complexity index is 525. The summed E-state index contributed by atoms with van der Waals surface area (Å²) in [5.74, 6) is 0. The molecule has 0 saturated carbocycles. The summed E-state index contributed by atoms with van der Waals surface area (Å²) in [5.41, 5.74) is 1.59. The maximum atomic E-state index is 11.9. The first-order valence-electron chi connectivity index (χ1n) is 5.38. The van der Waals surface area contributed by atoms with E-state index in [1.165, 1.54) is 0 Å². The molecule has 0 heterocycles. The highest BCUT2D eigenvalue weighted by Gasteiger charge is 2.12. The van der Waals surface area contributed by atoms with E-state index < -0.39 is 10.0 Å². The normalized spacial score (nSPS) is 13.0. The summed E-state index contributed by atoms with van der Waals surface area (Å²) in [6.45, 7) is 5.42. The molecule has 0 amide bonds. The van der Waals surface area contributed by atoms with Crippen LogP contribution in [0, 0.1) is 0 Å². The van der Waals surface area contributed by atoms with Gasteiger partial charge in [-0.25, -0.2) is 8.42 Å². The van der Waals surface area contributed by atoms with Crippen LogP contribution < -0.4 is 4.72 Å². The molecule has 4 heteroatoms. The van der Waals surface area contributed by atoms with Gasteiger partial charge >= 0.3 is 0 Å². The molecule has 0 aliphatic heterocycles. The maximum absolute atomic E-state index is 11.9. The highest BCUT2D eigenvalue weighted by molar-refractivity contribution is 7.89. The van der Waals surface area contributed by atoms with Crippen molar-refractivity contribution in [1.29, 1.82) is 0 Å². The number of hydrogen-bond donors (Lipinski definition) is 1. The molecule has 1 aromatic carbocycles. The lowest BCUT2D eigenvalue weighted by molar-refractivity contribution is 0.588. The largest absolute Gasteiger partial charge is 0.284 e. The fourth-order valence-corrected chi connectivity index (χ4v) is 2.43. The lowest BCUT2D eigenvalue weighted by atomic mass is 10.2. The summed E-state index contributed by atoms with van der Waals surface area (Å²) in [7, 11) is -3.45. The van der Waals surface area contributed by atoms with Crippen molar-refractivity contribution >= 4 is 16.1 Å². The molecule has 1 rings (SSSR count). The lowest BCUT2D eigenvalue weighted by Gasteiger charge is -2.07. The van der Waals surface area contributed by atoms with Gasteiger partial charge in [-0.2, -0.15) is 0 Å². The zero-order chi connectivity index (χ0) is 12.9. The molecule has 0 fully saturated rings. The molecule has 0 bridgehead atoms. The van der Waals surface area contributed by atoms with Gasteiger partial charge in [0, 0.05) is 5.70 Å². The van der Waals surface area contributed by atoms with E-state index in [1.54, 1.807) is 44.2 Å². The van der Waals surface area contributed by atoms with E-state index in [0.717, 1.165) is 5.56 Å². The third-order valence-corrected chi connectivity index (χ3v) is 3.76. The van der Waals surface area contributed by atoms with E-state index in [0.29, 0.717) is 5.70 Å². The van der Waals surface area contributed by atoms with Crippen molar-refractivity contribution in [3.05, 3.63) is 47.7 Å². The van der Waals surface area contributed by atoms with Gasteiger partial charge in [-0.3, -0.25) is 4.72 Å². The Morgan fingerprint density at radius 1 is 1.18 bits per heavy atom. The van der Waals surface area contributed by atoms with Crippen LogP contribution in [0.2, 0.25) is 0 Å². The second-order valence-electron chi connectivity index (χ2n) is 3.65. The Hall–Kier alpha value is -1.55. The summed E-state index contributed by atoms with van der Waals surface area (Å²) < 4.78 is 26.3. The average Bonchev–Trinajstić information content (AvgIpc) is 2.29. The molecule has 0 atom stereocenters. The average molecular weight is 251 g/mol. The second-order valence-corrected chi connectivity index (χ2v) is 5.33. The van der Waals surface area contributed by atoms with Crippen molar-refractivity contribution < 1.29 is 8.42 Å². The van der Waals surface area contributed by atoms with Gasteiger partial charge in [0.25, 0.3) is 10.0 Å². The number of nitrogens with one attached hydrogen (secondary N) is 1. The first-order valence-corrected chi connectivity index (χ1v) is 6.86. The Morgan fingerprint density at radius 3 is 2.24 bits per heavy atom. The van der Waals surface area contributed by atoms with Gasteiger partial charge in [0.15, 0.2) is 0 Å². The molecule has 0 aromatic heterocycles. The van der Waals surface area contributed by atoms with E-state index in [1.807, 2.05) is 19.1 Å². The summed E-state index contributed by atoms with van der Waals surface area (Å²) in [5, 5.41) is 0. The number of hydrogen-bond acceptors (Lipinski definition) is 2. The summed E-state index contributed by atoms with van der Waals surface area (Å²) in [4.78, 5) is 0.270. The Balaban J connectivity index is 3.00. The van der Waals surface area contributed by atoms with Crippen LogP contribution >= 0.6 is 0 Å². The van der Waals surface area contributed by atoms with Gasteiger partial charge in [0.1, 0.15) is 0 Å². The molecule has 0 aliphatic carbocycles. The Labute approximate surface area is 103 Å². The molecule has 3 nitrogen and oxygen atoms in total. The van der Waals surface area contributed by atoms with Crippen LogP contribution in [0.3, 0.4) is 0 Å². The standard InChI is InChI=1S/C13H17NO2S/c1-4-6-12-7-9-13(10-8-12)17(15,16)14-11(3)5-2/h4-10,14H,1-3H3/b6-4+,11-5+. The zero-order valence-corrected chi connectivity index (χ0v) is 11.1. The van der Waals surface area contributed by atoms with Gasteiger partial charge < -0.3 is 0 Å². The highest BCUT2D eigenvalue weighted by Crippen LogP contribution is 2.12. The Morgan fingerprint density at radius 2 is 1.76 bits per heavy atom. The number of rotatable bonds is 4. The molecule has 92 valence electrons. The van der Waals surface area contributed by atoms with Crippen molar-refractivity contribution in [1.82, 2.24) is 4.72 Å². The van der Waals surface area contributed by atoms with Crippen LogP contribution in [-0.2, 0) is 10.0 Å². The van der Waals surface area contributed by atoms with Crippen molar-refractivity contribution in [3.8, 4) is 0 Å². The monoisotopic (exact) mass is 251 g/mol. The van der Waals surface area contributed by atoms with Crippen molar-refractivity contribution in [3.63, 3.8) is 0 Å². The lowest BCUT2D eigenvalue weighted by Crippen LogP contribution is -2.21. The van der Waals surface area contributed by atoms with E-state index in [4.69, 9.17) is 0 Å². The van der Waals surface area contributed by atoms with Crippen molar-refractivity contribution in [2.75, 3.05) is 0 Å². The SMILES string of the molecule is C/C=C/c1ccc(S(=O)(=O)N/C(C)=C/C)cc1. The fourth-order valence-electron chi connectivity index (χ4n) is 1.28. The van der Waals surface area contributed by atoms with E-state index in [9.17, 15) is 8.42 Å². The summed E-state index contributed by atoms with van der Waals surface area (Å²) in [6, 6.07) is 6.75. The molecular weight excluding hydrogens is 234 g/mol. The first kappa shape index (κ1) is 13.5. The second kappa shape index (κ2) is 5.68. The third-order valence-electron chi connectivity index (χ3n) is 2.28. The summed E-state index contributed by atoms with van der Waals surface area (Å²) in [6.07, 6.45) is 5.54. The Kier molecular flexibility index (Phi) is 4.52. The van der Waals surface area contributed by atoms with Gasteiger partial charge in [-0.1, -0.05) is 30.4 Å². The highest BCUT2D eigenvalue weighted by atomic mass is 32.2. The third kappa shape index (κ3) is 3.75. The molecule has 17 heavy (non-hydrogen) atoms. The molecule has 0 radical (unpaired) electrons. The van der Waals surface area contributed by atoms with Gasteiger partial charge in [-0.05, 0) is 38.5 Å². The topological polar surface area (TPSA) is 46.2 Å². The number of benzene rings is 1. The maximum Gasteiger partial charge on any atom is 0.261 e. The van der Waals surface area contributed by atoms with Crippen molar-refractivity contribution in [2.45, 2.75) is 25.7 Å². The van der Waals surface area contributed by atoms with E-state index in [-0.39, 0.29) is 4.90 Å². The zero-order valence-electron chi connectivity index (χ0n) is 10.3. The minimum absolute atomic E-state index is 0.270. The molecule has 1 aromatic rings. The minimum Gasteiger partial charge on any atom is -0.284 e. The molecule has 0 spiro atoms. The van der Waals surface area contributed by atoms with Gasteiger partial charge in [-0.15, -0.1) is 0 Å². The van der Waals surface area contributed by atoms with Gasteiger partial charge in [0.2, 0.25) is 0 Å². The first-order chi connectivity index (χ1) is 7.99. The van der Waals surface area contributed by atoms with Crippen LogP contribution in [0.5, 0.6) is 0 Å². The van der Waals surface area contributed by atoms with Crippen molar-refractivity contribution in [2.24, 2.45) is 0 Å².